The molecule has 0 bridgehead atoms. The minimum Gasteiger partial charge on any atom is -0.325 e. The fraction of sp³-hybridized carbons (Fsp3) is 1.00. The summed E-state index contributed by atoms with van der Waals surface area (Å²) in [5.74, 6) is 0. The van der Waals surface area contributed by atoms with E-state index in [2.05, 4.69) is 23.6 Å². The zero-order valence-electron chi connectivity index (χ0n) is 13.2. The van der Waals surface area contributed by atoms with Crippen molar-refractivity contribution in [3.63, 3.8) is 0 Å². The molecule has 2 saturated carbocycles. The Morgan fingerprint density at radius 1 is 0.391 bits per heavy atom. The molecule has 2 aliphatic rings. The summed E-state index contributed by atoms with van der Waals surface area (Å²) in [7, 11) is 0. The molecule has 6 nitrogen and oxygen atoms in total. The normalized spacial score (nSPS) is 17.7. The molecule has 6 N–H and O–H groups in total. The summed E-state index contributed by atoms with van der Waals surface area (Å²) in [4.78, 5) is 45.3. The van der Waals surface area contributed by atoms with Gasteiger partial charge in [-0.1, -0.05) is 77.0 Å². The SMILES string of the molecule is C1CCCCC1.C1CCCCC1.OP(O)(O)=S.OP(O)(O)=S.[Cu]. The maximum atomic E-state index is 7.56. The van der Waals surface area contributed by atoms with Gasteiger partial charge in [0.15, 0.2) is 0 Å². The molecule has 23 heavy (non-hydrogen) atoms. The molecule has 11 heteroatoms. The van der Waals surface area contributed by atoms with Gasteiger partial charge in [-0.25, -0.2) is 0 Å². The second-order valence-electron chi connectivity index (χ2n) is 5.27. The van der Waals surface area contributed by atoms with Gasteiger partial charge in [0.25, 0.3) is 0 Å². The van der Waals surface area contributed by atoms with Gasteiger partial charge >= 0.3 is 13.4 Å². The fourth-order valence-corrected chi connectivity index (χ4v) is 2.12. The second-order valence-corrected chi connectivity index (χ2v) is 10.3. The van der Waals surface area contributed by atoms with Crippen molar-refractivity contribution in [3.05, 3.63) is 0 Å². The molecular weight excluding hydrogens is 430 g/mol. The summed E-state index contributed by atoms with van der Waals surface area (Å²) in [6, 6.07) is 0. The molecule has 0 heterocycles. The van der Waals surface area contributed by atoms with E-state index in [-0.39, 0.29) is 17.1 Å². The standard InChI is InChI=1S/2C6H12.Cu.2H3O3PS/c2*1-2-4-6-5-3-1;;2*1-4(2,3)5/h2*1-6H2;;2*(H3,1,2,3,5). The zero-order valence-corrected chi connectivity index (χ0v) is 17.5. The molecule has 0 aromatic rings. The third kappa shape index (κ3) is 59.5. The first-order valence-electron chi connectivity index (χ1n) is 7.57. The van der Waals surface area contributed by atoms with Crippen LogP contribution < -0.4 is 0 Å². The zero-order chi connectivity index (χ0) is 17.5. The van der Waals surface area contributed by atoms with E-state index in [9.17, 15) is 0 Å². The Kier molecular flexibility index (Phi) is 23.4. The largest absolute Gasteiger partial charge is 0.325 e. The average Bonchev–Trinajstić information content (AvgIpc) is 2.40. The summed E-state index contributed by atoms with van der Waals surface area (Å²) in [6.07, 6.45) is 18.0. The molecule has 0 aromatic carbocycles. The van der Waals surface area contributed by atoms with Crippen LogP contribution in [0.1, 0.15) is 77.0 Å². The molecule has 0 aromatic heterocycles. The van der Waals surface area contributed by atoms with Gasteiger partial charge < -0.3 is 29.4 Å². The van der Waals surface area contributed by atoms with Crippen LogP contribution in [-0.4, -0.2) is 29.4 Å². The molecule has 2 aliphatic carbocycles. The summed E-state index contributed by atoms with van der Waals surface area (Å²) in [5, 5.41) is 0. The van der Waals surface area contributed by atoms with Gasteiger partial charge in [-0.15, -0.1) is 0 Å². The van der Waals surface area contributed by atoms with Crippen molar-refractivity contribution in [2.45, 2.75) is 77.0 Å². The summed E-state index contributed by atoms with van der Waals surface area (Å²) >= 11 is 7.21. The average molecular weight is 460 g/mol. The molecule has 1 radical (unpaired) electrons. The van der Waals surface area contributed by atoms with Crippen LogP contribution in [0.2, 0.25) is 0 Å². The van der Waals surface area contributed by atoms with Gasteiger partial charge in [0.2, 0.25) is 0 Å². The van der Waals surface area contributed by atoms with Crippen molar-refractivity contribution in [1.82, 2.24) is 0 Å². The Bertz CT molecular complexity index is 258. The Hall–Kier alpha value is 1.58. The van der Waals surface area contributed by atoms with Crippen molar-refractivity contribution >= 4 is 37.1 Å². The molecule has 147 valence electrons. The minimum absolute atomic E-state index is 0. The Morgan fingerprint density at radius 3 is 0.478 bits per heavy atom. The first-order valence-corrected chi connectivity index (χ1v) is 12.9. The maximum Gasteiger partial charge on any atom is 0.319 e. The first-order chi connectivity index (χ1) is 10.0. The molecule has 0 spiro atoms. The van der Waals surface area contributed by atoms with Crippen LogP contribution >= 0.6 is 13.4 Å². The molecular formula is C12H30CuO6P2S2. The summed E-state index contributed by atoms with van der Waals surface area (Å²) < 4.78 is 0. The van der Waals surface area contributed by atoms with Crippen LogP contribution in [0, 0.1) is 0 Å². The predicted octanol–water partition coefficient (Wildman–Crippen LogP) is 3.05. The van der Waals surface area contributed by atoms with E-state index in [1.54, 1.807) is 0 Å². The smallest absolute Gasteiger partial charge is 0.319 e. The quantitative estimate of drug-likeness (QED) is 0.241. The fourth-order valence-electron chi connectivity index (χ4n) is 2.12. The minimum atomic E-state index is -3.81. The van der Waals surface area contributed by atoms with Crippen LogP contribution in [0.15, 0.2) is 0 Å². The molecule has 0 unspecified atom stereocenters. The van der Waals surface area contributed by atoms with Crippen molar-refractivity contribution < 1.29 is 46.4 Å². The Labute approximate surface area is 160 Å². The van der Waals surface area contributed by atoms with E-state index in [0.29, 0.717) is 0 Å². The van der Waals surface area contributed by atoms with Gasteiger partial charge in [0.1, 0.15) is 0 Å². The van der Waals surface area contributed by atoms with Gasteiger partial charge in [-0.05, 0) is 23.6 Å². The number of hydrogen-bond acceptors (Lipinski definition) is 2. The Morgan fingerprint density at radius 2 is 0.435 bits per heavy atom. The molecule has 0 amide bonds. The van der Waals surface area contributed by atoms with Crippen LogP contribution in [0.3, 0.4) is 0 Å². The maximum absolute atomic E-state index is 7.56. The van der Waals surface area contributed by atoms with Gasteiger partial charge in [0.05, 0.1) is 0 Å². The summed E-state index contributed by atoms with van der Waals surface area (Å²) in [5.41, 5.74) is 0. The molecule has 0 aliphatic heterocycles. The molecule has 2 rings (SSSR count). The molecule has 0 atom stereocenters. The van der Waals surface area contributed by atoms with Crippen LogP contribution in [0.5, 0.6) is 0 Å². The number of hydrogen-bond donors (Lipinski definition) is 6. The molecule has 2 fully saturated rings. The number of rotatable bonds is 0. The monoisotopic (exact) mass is 459 g/mol. The topological polar surface area (TPSA) is 121 Å². The van der Waals surface area contributed by atoms with Crippen molar-refractivity contribution in [1.29, 1.82) is 0 Å². The van der Waals surface area contributed by atoms with E-state index < -0.39 is 13.4 Å². The van der Waals surface area contributed by atoms with Crippen LogP contribution in [-0.2, 0) is 40.7 Å². The van der Waals surface area contributed by atoms with E-state index in [1.807, 2.05) is 0 Å². The summed E-state index contributed by atoms with van der Waals surface area (Å²) in [6.45, 7) is -7.61. The van der Waals surface area contributed by atoms with Crippen molar-refractivity contribution in [2.24, 2.45) is 0 Å². The predicted molar refractivity (Wildman–Crippen MR) is 97.3 cm³/mol. The van der Waals surface area contributed by atoms with Crippen molar-refractivity contribution in [3.8, 4) is 0 Å². The van der Waals surface area contributed by atoms with Gasteiger partial charge in [-0.3, -0.25) is 0 Å². The third-order valence-corrected chi connectivity index (χ3v) is 3.00. The van der Waals surface area contributed by atoms with Crippen molar-refractivity contribution in [2.75, 3.05) is 0 Å². The van der Waals surface area contributed by atoms with Crippen LogP contribution in [0.4, 0.5) is 0 Å². The van der Waals surface area contributed by atoms with E-state index >= 15 is 0 Å². The molecule has 0 saturated heterocycles. The third-order valence-electron chi connectivity index (χ3n) is 3.00. The second kappa shape index (κ2) is 18.4. The van der Waals surface area contributed by atoms with E-state index in [0.717, 1.165) is 0 Å². The van der Waals surface area contributed by atoms with E-state index in [1.165, 1.54) is 77.0 Å². The van der Waals surface area contributed by atoms with Crippen LogP contribution in [0.25, 0.3) is 0 Å². The van der Waals surface area contributed by atoms with Gasteiger partial charge in [-0.2, -0.15) is 0 Å². The van der Waals surface area contributed by atoms with E-state index in [4.69, 9.17) is 29.4 Å². The Balaban J connectivity index is -0.000000230. The van der Waals surface area contributed by atoms with Gasteiger partial charge in [0, 0.05) is 17.1 Å². The first kappa shape index (κ1) is 29.3.